The second kappa shape index (κ2) is 9.25. The number of carbonyl (C=O) groups excluding carboxylic acids is 1. The van der Waals surface area contributed by atoms with Crippen molar-refractivity contribution in [3.05, 3.63) is 65.7 Å². The van der Waals surface area contributed by atoms with Gasteiger partial charge in [0.2, 0.25) is 0 Å². The van der Waals surface area contributed by atoms with Crippen molar-refractivity contribution in [1.29, 1.82) is 0 Å². The van der Waals surface area contributed by atoms with Crippen molar-refractivity contribution >= 4 is 12.2 Å². The molecule has 0 aliphatic heterocycles. The van der Waals surface area contributed by atoms with E-state index in [2.05, 4.69) is 5.32 Å². The third-order valence-electron chi connectivity index (χ3n) is 3.33. The van der Waals surface area contributed by atoms with Crippen LogP contribution in [0.15, 0.2) is 54.6 Å². The average Bonchev–Trinajstić information content (AvgIpc) is 2.61. The number of benzene rings is 2. The van der Waals surface area contributed by atoms with Crippen LogP contribution in [0, 0.1) is 0 Å². The highest BCUT2D eigenvalue weighted by Crippen LogP contribution is 2.24. The molecule has 5 heteroatoms. The number of amides is 1. The van der Waals surface area contributed by atoms with E-state index in [4.69, 9.17) is 9.47 Å². The number of methoxy groups -OCH3 is 1. The summed E-state index contributed by atoms with van der Waals surface area (Å²) in [7, 11) is 1.55. The maximum Gasteiger partial charge on any atom is 0.407 e. The summed E-state index contributed by atoms with van der Waals surface area (Å²) >= 11 is 0. The summed E-state index contributed by atoms with van der Waals surface area (Å²) in [5.41, 5.74) is 1.64. The summed E-state index contributed by atoms with van der Waals surface area (Å²) < 4.78 is 10.1. The number of hydrogen-bond donors (Lipinski definition) is 2. The zero-order valence-electron chi connectivity index (χ0n) is 13.6. The third kappa shape index (κ3) is 5.68. The quantitative estimate of drug-likeness (QED) is 0.760. The van der Waals surface area contributed by atoms with Gasteiger partial charge in [-0.3, -0.25) is 0 Å². The first-order valence-corrected chi connectivity index (χ1v) is 7.67. The van der Waals surface area contributed by atoms with Crippen LogP contribution >= 0.6 is 0 Å². The fourth-order valence-electron chi connectivity index (χ4n) is 2.03. The molecule has 24 heavy (non-hydrogen) atoms. The lowest BCUT2D eigenvalue weighted by molar-refractivity contribution is 0.140. The molecular weight excluding hydrogens is 306 g/mol. The Balaban J connectivity index is 1.67. The van der Waals surface area contributed by atoms with Crippen molar-refractivity contribution in [2.75, 3.05) is 13.7 Å². The summed E-state index contributed by atoms with van der Waals surface area (Å²) in [5, 5.41) is 12.5. The Labute approximate surface area is 141 Å². The van der Waals surface area contributed by atoms with Crippen molar-refractivity contribution in [2.45, 2.75) is 13.0 Å². The van der Waals surface area contributed by atoms with Crippen LogP contribution in [0.1, 0.15) is 17.5 Å². The number of ether oxygens (including phenoxy) is 2. The lowest BCUT2D eigenvalue weighted by Crippen LogP contribution is -2.24. The number of nitrogens with one attached hydrogen (secondary N) is 1. The largest absolute Gasteiger partial charge is 0.507 e. The van der Waals surface area contributed by atoms with E-state index in [0.29, 0.717) is 24.3 Å². The zero-order valence-corrected chi connectivity index (χ0v) is 13.6. The third-order valence-corrected chi connectivity index (χ3v) is 3.33. The molecular formula is C19H21NO4. The molecule has 2 aromatic rings. The van der Waals surface area contributed by atoms with Crippen LogP contribution < -0.4 is 10.1 Å². The van der Waals surface area contributed by atoms with Crippen LogP contribution in [0.4, 0.5) is 4.79 Å². The highest BCUT2D eigenvalue weighted by atomic mass is 16.5. The van der Waals surface area contributed by atoms with E-state index in [1.54, 1.807) is 31.4 Å². The van der Waals surface area contributed by atoms with Gasteiger partial charge in [-0.05, 0) is 24.1 Å². The number of hydrogen-bond acceptors (Lipinski definition) is 4. The first kappa shape index (κ1) is 17.4. The van der Waals surface area contributed by atoms with Gasteiger partial charge in [-0.1, -0.05) is 42.5 Å². The topological polar surface area (TPSA) is 67.8 Å². The summed E-state index contributed by atoms with van der Waals surface area (Å²) in [4.78, 5) is 11.6. The molecule has 0 aliphatic carbocycles. The van der Waals surface area contributed by atoms with Gasteiger partial charge >= 0.3 is 6.09 Å². The number of carbonyl (C=O) groups is 1. The molecule has 0 spiro atoms. The molecule has 5 nitrogen and oxygen atoms in total. The van der Waals surface area contributed by atoms with E-state index in [9.17, 15) is 9.90 Å². The molecule has 126 valence electrons. The average molecular weight is 327 g/mol. The molecule has 0 aliphatic rings. The molecule has 0 heterocycles. The minimum Gasteiger partial charge on any atom is -0.507 e. The summed E-state index contributed by atoms with van der Waals surface area (Å²) in [6, 6.07) is 14.6. The van der Waals surface area contributed by atoms with E-state index in [0.717, 1.165) is 5.56 Å². The monoisotopic (exact) mass is 327 g/mol. The molecule has 0 bridgehead atoms. The molecule has 2 N–H and O–H groups in total. The Kier molecular flexibility index (Phi) is 6.71. The minimum atomic E-state index is -0.445. The Morgan fingerprint density at radius 2 is 2.00 bits per heavy atom. The maximum absolute atomic E-state index is 11.6. The van der Waals surface area contributed by atoms with Crippen LogP contribution in [-0.2, 0) is 11.3 Å². The highest BCUT2D eigenvalue weighted by Gasteiger charge is 2.01. The molecule has 0 unspecified atom stereocenters. The lowest BCUT2D eigenvalue weighted by atomic mass is 10.1. The van der Waals surface area contributed by atoms with Gasteiger partial charge in [-0.25, -0.2) is 4.79 Å². The van der Waals surface area contributed by atoms with Crippen LogP contribution in [0.5, 0.6) is 11.5 Å². The van der Waals surface area contributed by atoms with E-state index < -0.39 is 6.09 Å². The summed E-state index contributed by atoms with van der Waals surface area (Å²) in [6.45, 7) is 0.712. The Morgan fingerprint density at radius 1 is 1.21 bits per heavy atom. The predicted molar refractivity (Wildman–Crippen MR) is 92.9 cm³/mol. The molecule has 0 atom stereocenters. The second-order valence-electron chi connectivity index (χ2n) is 5.10. The molecule has 2 aromatic carbocycles. The van der Waals surface area contributed by atoms with Gasteiger partial charge in [0.25, 0.3) is 0 Å². The van der Waals surface area contributed by atoms with Gasteiger partial charge in [-0.15, -0.1) is 0 Å². The van der Waals surface area contributed by atoms with Crippen molar-refractivity contribution in [2.24, 2.45) is 0 Å². The van der Waals surface area contributed by atoms with E-state index in [1.165, 1.54) is 0 Å². The minimum absolute atomic E-state index is 0.154. The van der Waals surface area contributed by atoms with Gasteiger partial charge in [-0.2, -0.15) is 0 Å². The number of phenolic OH excluding ortho intramolecular Hbond substituents is 1. The first-order valence-electron chi connectivity index (χ1n) is 7.67. The van der Waals surface area contributed by atoms with Gasteiger partial charge in [0.1, 0.15) is 18.1 Å². The SMILES string of the molecule is COc1ccc(C=CCCNC(=O)OCc2ccccc2)c(O)c1. The van der Waals surface area contributed by atoms with Gasteiger partial charge < -0.3 is 19.9 Å². The zero-order chi connectivity index (χ0) is 17.2. The molecule has 1 amide bonds. The Bertz CT molecular complexity index is 683. The molecule has 0 radical (unpaired) electrons. The standard InChI is InChI=1S/C19H21NO4/c1-23-17-11-10-16(18(21)13-17)9-5-6-12-20-19(22)24-14-15-7-3-2-4-8-15/h2-5,7-11,13,21H,6,12,14H2,1H3,(H,20,22). The van der Waals surface area contributed by atoms with E-state index in [1.807, 2.05) is 36.4 Å². The van der Waals surface area contributed by atoms with Gasteiger partial charge in [0.15, 0.2) is 0 Å². The van der Waals surface area contributed by atoms with Crippen LogP contribution in [0.3, 0.4) is 0 Å². The van der Waals surface area contributed by atoms with Crippen molar-refractivity contribution in [3.63, 3.8) is 0 Å². The Morgan fingerprint density at radius 3 is 2.71 bits per heavy atom. The van der Waals surface area contributed by atoms with Gasteiger partial charge in [0.05, 0.1) is 7.11 Å². The van der Waals surface area contributed by atoms with Gasteiger partial charge in [0, 0.05) is 18.2 Å². The fraction of sp³-hybridized carbons (Fsp3) is 0.211. The lowest BCUT2D eigenvalue weighted by Gasteiger charge is -2.06. The van der Waals surface area contributed by atoms with Crippen molar-refractivity contribution < 1.29 is 19.4 Å². The highest BCUT2D eigenvalue weighted by molar-refractivity contribution is 5.67. The first-order chi connectivity index (χ1) is 11.7. The predicted octanol–water partition coefficient (Wildman–Crippen LogP) is 3.73. The fourth-order valence-corrected chi connectivity index (χ4v) is 2.03. The number of rotatable bonds is 7. The van der Waals surface area contributed by atoms with E-state index >= 15 is 0 Å². The van der Waals surface area contributed by atoms with Crippen LogP contribution in [-0.4, -0.2) is 24.9 Å². The molecule has 0 saturated carbocycles. The summed E-state index contributed by atoms with van der Waals surface area (Å²) in [5.74, 6) is 0.758. The molecule has 0 aromatic heterocycles. The Hall–Kier alpha value is -2.95. The molecule has 0 fully saturated rings. The smallest absolute Gasteiger partial charge is 0.407 e. The molecule has 2 rings (SSSR count). The number of alkyl carbamates (subject to hydrolysis) is 1. The van der Waals surface area contributed by atoms with E-state index in [-0.39, 0.29) is 12.4 Å². The van der Waals surface area contributed by atoms with Crippen LogP contribution in [0.25, 0.3) is 6.08 Å². The maximum atomic E-state index is 11.6. The number of phenols is 1. The normalized spacial score (nSPS) is 10.5. The van der Waals surface area contributed by atoms with Crippen molar-refractivity contribution in [3.8, 4) is 11.5 Å². The second-order valence-corrected chi connectivity index (χ2v) is 5.10. The summed E-state index contributed by atoms with van der Waals surface area (Å²) in [6.07, 6.45) is 3.86. The van der Waals surface area contributed by atoms with Crippen LogP contribution in [0.2, 0.25) is 0 Å². The number of aromatic hydroxyl groups is 1. The van der Waals surface area contributed by atoms with Crippen molar-refractivity contribution in [1.82, 2.24) is 5.32 Å². The molecule has 0 saturated heterocycles.